The number of hydrogen-bond donors (Lipinski definition) is 3. The van der Waals surface area contributed by atoms with E-state index < -0.39 is 17.9 Å². The molecule has 29 heavy (non-hydrogen) atoms. The Kier molecular flexibility index (Phi) is 9.69. The Morgan fingerprint density at radius 3 is 1.86 bits per heavy atom. The minimum absolute atomic E-state index is 0.0810. The van der Waals surface area contributed by atoms with Crippen molar-refractivity contribution in [1.82, 2.24) is 9.55 Å². The van der Waals surface area contributed by atoms with E-state index in [0.717, 1.165) is 4.90 Å². The van der Waals surface area contributed by atoms with Gasteiger partial charge in [0.05, 0.1) is 5.56 Å². The van der Waals surface area contributed by atoms with Crippen LogP contribution in [0.3, 0.4) is 0 Å². The molecule has 2 heterocycles. The predicted molar refractivity (Wildman–Crippen MR) is 109 cm³/mol. The first-order valence-electron chi connectivity index (χ1n) is 8.13. The van der Waals surface area contributed by atoms with E-state index in [2.05, 4.69) is 4.98 Å². The second-order valence-electron chi connectivity index (χ2n) is 5.34. The molecule has 0 spiro atoms. The van der Waals surface area contributed by atoms with Crippen LogP contribution in [0.5, 0.6) is 0 Å². The van der Waals surface area contributed by atoms with E-state index in [4.69, 9.17) is 15.3 Å². The first kappa shape index (κ1) is 23.4. The van der Waals surface area contributed by atoms with Gasteiger partial charge in [0.1, 0.15) is 11.4 Å². The summed E-state index contributed by atoms with van der Waals surface area (Å²) in [7, 11) is 1.70. The zero-order valence-corrected chi connectivity index (χ0v) is 16.5. The van der Waals surface area contributed by atoms with E-state index in [1.807, 2.05) is 12.3 Å². The molecule has 0 aliphatic heterocycles. The fourth-order valence-corrected chi connectivity index (χ4v) is 2.58. The Morgan fingerprint density at radius 2 is 1.52 bits per heavy atom. The average Bonchev–Trinajstić information content (AvgIpc) is 3.16. The summed E-state index contributed by atoms with van der Waals surface area (Å²) in [5.41, 5.74) is 0.771. The highest BCUT2D eigenvalue weighted by molar-refractivity contribution is 7.98. The maximum atomic E-state index is 10.6. The van der Waals surface area contributed by atoms with Gasteiger partial charge in [-0.3, -0.25) is 0 Å². The Hall–Kier alpha value is -3.59. The van der Waals surface area contributed by atoms with Crippen molar-refractivity contribution >= 4 is 29.7 Å². The van der Waals surface area contributed by atoms with E-state index in [0.29, 0.717) is 11.3 Å². The molecule has 0 fully saturated rings. The van der Waals surface area contributed by atoms with Crippen LogP contribution in [-0.2, 0) is 7.05 Å². The van der Waals surface area contributed by atoms with Gasteiger partial charge in [-0.1, -0.05) is 18.2 Å². The quantitative estimate of drug-likeness (QED) is 0.550. The Balaban J connectivity index is 0.000000219. The van der Waals surface area contributed by atoms with Gasteiger partial charge in [-0.15, -0.1) is 11.8 Å². The summed E-state index contributed by atoms with van der Waals surface area (Å²) >= 11 is 1.44. The highest BCUT2D eigenvalue weighted by Gasteiger charge is 2.06. The largest absolute Gasteiger partial charge is 0.478 e. The van der Waals surface area contributed by atoms with Crippen LogP contribution in [0.2, 0.25) is 0 Å². The van der Waals surface area contributed by atoms with E-state index in [-0.39, 0.29) is 5.69 Å². The fourth-order valence-electron chi connectivity index (χ4n) is 1.99. The molecule has 3 aromatic rings. The summed E-state index contributed by atoms with van der Waals surface area (Å²) in [4.78, 5) is 35.4. The number of hydrogen-bond acceptors (Lipinski definition) is 5. The summed E-state index contributed by atoms with van der Waals surface area (Å²) < 4.78 is 1.56. The van der Waals surface area contributed by atoms with Gasteiger partial charge in [-0.05, 0) is 42.7 Å². The molecule has 9 heteroatoms. The van der Waals surface area contributed by atoms with Crippen molar-refractivity contribution in [3.63, 3.8) is 0 Å². The lowest BCUT2D eigenvalue weighted by atomic mass is 10.2. The zero-order chi connectivity index (χ0) is 21.8. The van der Waals surface area contributed by atoms with E-state index >= 15 is 0 Å². The van der Waals surface area contributed by atoms with Gasteiger partial charge in [0.25, 0.3) is 0 Å². The lowest BCUT2D eigenvalue weighted by Crippen LogP contribution is -2.02. The molecule has 0 radical (unpaired) electrons. The summed E-state index contributed by atoms with van der Waals surface area (Å²) in [5, 5.41) is 25.4. The monoisotopic (exact) mass is 416 g/mol. The normalized spacial score (nSPS) is 9.31. The van der Waals surface area contributed by atoms with Crippen molar-refractivity contribution in [1.29, 1.82) is 0 Å². The molecule has 1 aromatic carbocycles. The smallest absolute Gasteiger partial charge is 0.354 e. The predicted octanol–water partition coefficient (Wildman–Crippen LogP) is 3.61. The summed E-state index contributed by atoms with van der Waals surface area (Å²) in [6.07, 6.45) is 5.01. The lowest BCUT2D eigenvalue weighted by molar-refractivity contribution is 0.0677. The van der Waals surface area contributed by atoms with Crippen molar-refractivity contribution in [2.75, 3.05) is 6.26 Å². The molecule has 0 saturated carbocycles. The molecule has 0 atom stereocenters. The molecule has 2 aromatic heterocycles. The molecule has 3 rings (SSSR count). The van der Waals surface area contributed by atoms with Gasteiger partial charge >= 0.3 is 17.9 Å². The van der Waals surface area contributed by atoms with Gasteiger partial charge < -0.3 is 19.9 Å². The third kappa shape index (κ3) is 7.89. The highest BCUT2D eigenvalue weighted by Crippen LogP contribution is 2.19. The van der Waals surface area contributed by atoms with E-state index in [1.165, 1.54) is 24.0 Å². The Labute approximate surface area is 171 Å². The molecule has 0 unspecified atom stereocenters. The van der Waals surface area contributed by atoms with Crippen LogP contribution >= 0.6 is 11.8 Å². The first-order chi connectivity index (χ1) is 13.8. The number of carboxylic acid groups (broad SMARTS) is 3. The van der Waals surface area contributed by atoms with Gasteiger partial charge in [-0.2, -0.15) is 0 Å². The van der Waals surface area contributed by atoms with Crippen LogP contribution in [-0.4, -0.2) is 49.0 Å². The number of aromatic carboxylic acids is 3. The second-order valence-corrected chi connectivity index (χ2v) is 6.18. The fraction of sp³-hybridized carbons (Fsp3) is 0.100. The Morgan fingerprint density at radius 1 is 0.862 bits per heavy atom. The number of aromatic nitrogens is 2. The molecule has 0 amide bonds. The summed E-state index contributed by atoms with van der Waals surface area (Å²) in [5.74, 6) is -2.74. The number of carbonyl (C=O) groups is 3. The highest BCUT2D eigenvalue weighted by atomic mass is 32.2. The van der Waals surface area contributed by atoms with Gasteiger partial charge in [-0.25, -0.2) is 19.4 Å². The van der Waals surface area contributed by atoms with Crippen LogP contribution in [0.25, 0.3) is 0 Å². The summed E-state index contributed by atoms with van der Waals surface area (Å²) in [6.45, 7) is 0. The number of aryl methyl sites for hydroxylation is 1. The standard InChI is InChI=1S/C8H8O2S.C6H7NO2.C6H5NO2/c1-11-7-5-3-2-4-6(7)8(9)10;1-7-4-2-3-5(7)6(8)9;8-6(9)5-3-1-2-4-7-5/h2-5H,1H3,(H,9,10);2-4H,1H3,(H,8,9);1-4H,(H,8,9). The van der Waals surface area contributed by atoms with Crippen molar-refractivity contribution < 1.29 is 29.7 Å². The third-order valence-corrected chi connectivity index (χ3v) is 4.18. The molecule has 0 aliphatic carbocycles. The Bertz CT molecular complexity index is 956. The van der Waals surface area contributed by atoms with E-state index in [1.54, 1.807) is 60.3 Å². The number of carboxylic acids is 3. The third-order valence-electron chi connectivity index (χ3n) is 3.38. The molecule has 3 N–H and O–H groups in total. The molecule has 0 aliphatic rings. The van der Waals surface area contributed by atoms with Crippen molar-refractivity contribution in [3.05, 3.63) is 83.9 Å². The SMILES string of the molecule is CSc1ccccc1C(=O)O.Cn1cccc1C(=O)O.O=C(O)c1ccccn1. The molecule has 0 bridgehead atoms. The van der Waals surface area contributed by atoms with Crippen LogP contribution in [0, 0.1) is 0 Å². The number of thioether (sulfide) groups is 1. The number of nitrogens with zero attached hydrogens (tertiary/aromatic N) is 2. The molecule has 152 valence electrons. The summed E-state index contributed by atoms with van der Waals surface area (Å²) in [6, 6.07) is 15.0. The first-order valence-corrected chi connectivity index (χ1v) is 9.35. The molecular formula is C20H20N2O6S. The molecule has 8 nitrogen and oxygen atoms in total. The number of pyridine rings is 1. The lowest BCUT2D eigenvalue weighted by Gasteiger charge is -1.99. The molecular weight excluding hydrogens is 396 g/mol. The van der Waals surface area contributed by atoms with E-state index in [9.17, 15) is 14.4 Å². The van der Waals surface area contributed by atoms with Crippen LogP contribution in [0.4, 0.5) is 0 Å². The maximum Gasteiger partial charge on any atom is 0.354 e. The minimum Gasteiger partial charge on any atom is -0.478 e. The van der Waals surface area contributed by atoms with Gasteiger partial charge in [0.15, 0.2) is 0 Å². The average molecular weight is 416 g/mol. The van der Waals surface area contributed by atoms with Crippen LogP contribution in [0.15, 0.2) is 71.9 Å². The van der Waals surface area contributed by atoms with Gasteiger partial charge in [0.2, 0.25) is 0 Å². The van der Waals surface area contributed by atoms with Gasteiger partial charge in [0, 0.05) is 24.3 Å². The number of benzene rings is 1. The van der Waals surface area contributed by atoms with Crippen molar-refractivity contribution in [3.8, 4) is 0 Å². The second kappa shape index (κ2) is 12.0. The molecule has 0 saturated heterocycles. The van der Waals surface area contributed by atoms with Crippen molar-refractivity contribution in [2.24, 2.45) is 7.05 Å². The van der Waals surface area contributed by atoms with Crippen molar-refractivity contribution in [2.45, 2.75) is 4.90 Å². The topological polar surface area (TPSA) is 130 Å². The zero-order valence-electron chi connectivity index (χ0n) is 15.7. The number of rotatable bonds is 4. The van der Waals surface area contributed by atoms with Crippen LogP contribution < -0.4 is 0 Å². The minimum atomic E-state index is -0.990. The maximum absolute atomic E-state index is 10.6. The van der Waals surface area contributed by atoms with Crippen LogP contribution in [0.1, 0.15) is 31.3 Å².